The van der Waals surface area contributed by atoms with Gasteiger partial charge in [-0.3, -0.25) is 0 Å². The van der Waals surface area contributed by atoms with Crippen LogP contribution in [0.5, 0.6) is 0 Å². The zero-order valence-corrected chi connectivity index (χ0v) is 12.6. The lowest BCUT2D eigenvalue weighted by molar-refractivity contribution is -0.132. The Bertz CT molecular complexity index is 470. The average Bonchev–Trinajstić information content (AvgIpc) is 2.54. The Morgan fingerprint density at radius 1 is 1.33 bits per heavy atom. The van der Waals surface area contributed by atoms with Gasteiger partial charge in [0.1, 0.15) is 0 Å². The normalized spacial score (nSPS) is 7.81. The smallest absolute Gasteiger partial charge is 0.330 e. The van der Waals surface area contributed by atoms with E-state index < -0.39 is 5.97 Å². The molecule has 0 heterocycles. The van der Waals surface area contributed by atoms with Crippen molar-refractivity contribution in [1.29, 1.82) is 5.26 Å². The molecule has 3 heteroatoms. The van der Waals surface area contributed by atoms with Crippen LogP contribution in [0.1, 0.15) is 31.7 Å². The van der Waals surface area contributed by atoms with Gasteiger partial charge in [0.25, 0.3) is 0 Å². The molecule has 21 heavy (non-hydrogen) atoms. The van der Waals surface area contributed by atoms with E-state index in [0.29, 0.717) is 12.0 Å². The second-order valence-corrected chi connectivity index (χ2v) is 3.96. The van der Waals surface area contributed by atoms with Gasteiger partial charge in [0.2, 0.25) is 0 Å². The number of hydrogen-bond donors (Lipinski definition) is 1. The lowest BCUT2D eigenvalue weighted by atomic mass is 10.1. The zero-order valence-electron chi connectivity index (χ0n) is 12.6. The Morgan fingerprint density at radius 2 is 1.86 bits per heavy atom. The summed E-state index contributed by atoms with van der Waals surface area (Å²) in [4.78, 5) is 10.1. The largest absolute Gasteiger partial charge is 0.478 e. The molecule has 0 aliphatic carbocycles. The Balaban J connectivity index is 0. The van der Waals surface area contributed by atoms with Crippen molar-refractivity contribution in [1.82, 2.24) is 0 Å². The van der Waals surface area contributed by atoms with Gasteiger partial charge in [0.15, 0.2) is 0 Å². The molecule has 0 amide bonds. The minimum atomic E-state index is -0.872. The number of carboxylic acids is 1. The van der Waals surface area contributed by atoms with Crippen LogP contribution in [0.25, 0.3) is 6.08 Å². The molecule has 0 unspecified atom stereocenters. The molecule has 0 saturated heterocycles. The number of carbonyl (C=O) groups is 1. The number of unbranched alkanes of at least 4 members (excludes halogenated alkanes) is 1. The standard InChI is InChI=1S/C8H8.C7H12O2.C3H3N/c1-2-8-6-4-3-5-7-8;1-3-4-5-6(2)7(8)9;1-2-3-4/h2-7H,1H2;2-5H2,1H3,(H,8,9);2H,1H2. The first-order valence-corrected chi connectivity index (χ1v) is 6.62. The predicted octanol–water partition coefficient (Wildman–Crippen LogP) is 4.84. The van der Waals surface area contributed by atoms with Crippen LogP contribution in [0.4, 0.5) is 0 Å². The Hall–Kier alpha value is -2.60. The van der Waals surface area contributed by atoms with Gasteiger partial charge in [0, 0.05) is 11.6 Å². The highest BCUT2D eigenvalue weighted by atomic mass is 16.4. The van der Waals surface area contributed by atoms with E-state index in [0.717, 1.165) is 12.8 Å². The summed E-state index contributed by atoms with van der Waals surface area (Å²) in [6, 6.07) is 11.7. The molecule has 0 fully saturated rings. The van der Waals surface area contributed by atoms with Crippen LogP contribution < -0.4 is 0 Å². The highest BCUT2D eigenvalue weighted by Gasteiger charge is 2.00. The van der Waals surface area contributed by atoms with E-state index >= 15 is 0 Å². The van der Waals surface area contributed by atoms with Gasteiger partial charge >= 0.3 is 5.97 Å². The number of carboxylic acid groups (broad SMARTS) is 1. The molecule has 1 N–H and O–H groups in total. The number of benzene rings is 1. The second kappa shape index (κ2) is 15.5. The molecule has 0 aromatic heterocycles. The molecule has 3 nitrogen and oxygen atoms in total. The maximum absolute atomic E-state index is 10.1. The van der Waals surface area contributed by atoms with Gasteiger partial charge in [-0.25, -0.2) is 4.79 Å². The van der Waals surface area contributed by atoms with Crippen LogP contribution in [0.15, 0.2) is 61.7 Å². The summed E-state index contributed by atoms with van der Waals surface area (Å²) in [5.41, 5.74) is 1.49. The van der Waals surface area contributed by atoms with Crippen molar-refractivity contribution in [2.24, 2.45) is 0 Å². The minimum absolute atomic E-state index is 0.317. The SMILES string of the molecule is C=C(CCCC)C(=O)O.C=CC#N.C=Cc1ccccc1. The van der Waals surface area contributed by atoms with Crippen LogP contribution in [0, 0.1) is 11.3 Å². The number of allylic oxidation sites excluding steroid dienone is 1. The summed E-state index contributed by atoms with van der Waals surface area (Å²) in [6.07, 6.45) is 5.57. The highest BCUT2D eigenvalue weighted by molar-refractivity contribution is 5.85. The third-order valence-electron chi connectivity index (χ3n) is 2.26. The lowest BCUT2D eigenvalue weighted by Gasteiger charge is -1.95. The van der Waals surface area contributed by atoms with Crippen molar-refractivity contribution in [3.05, 3.63) is 67.3 Å². The minimum Gasteiger partial charge on any atom is -0.478 e. The van der Waals surface area contributed by atoms with Crippen LogP contribution in [-0.2, 0) is 4.79 Å². The summed E-state index contributed by atoms with van der Waals surface area (Å²) in [7, 11) is 0. The topological polar surface area (TPSA) is 61.1 Å². The summed E-state index contributed by atoms with van der Waals surface area (Å²) >= 11 is 0. The van der Waals surface area contributed by atoms with E-state index in [-0.39, 0.29) is 0 Å². The third kappa shape index (κ3) is 15.3. The fourth-order valence-electron chi connectivity index (χ4n) is 1.09. The first kappa shape index (κ1) is 20.7. The van der Waals surface area contributed by atoms with E-state index in [1.807, 2.05) is 43.3 Å². The fourth-order valence-corrected chi connectivity index (χ4v) is 1.09. The average molecular weight is 285 g/mol. The molecule has 0 aliphatic rings. The van der Waals surface area contributed by atoms with E-state index in [4.69, 9.17) is 10.4 Å². The number of aliphatic carboxylic acids is 1. The molecule has 0 saturated carbocycles. The van der Waals surface area contributed by atoms with Crippen molar-refractivity contribution in [3.63, 3.8) is 0 Å². The van der Waals surface area contributed by atoms with Gasteiger partial charge in [-0.1, -0.05) is 69.5 Å². The van der Waals surface area contributed by atoms with Crippen molar-refractivity contribution >= 4 is 12.0 Å². The lowest BCUT2D eigenvalue weighted by Crippen LogP contribution is -1.97. The van der Waals surface area contributed by atoms with Crippen LogP contribution in [0.2, 0.25) is 0 Å². The van der Waals surface area contributed by atoms with Crippen molar-refractivity contribution in [3.8, 4) is 6.07 Å². The first-order valence-electron chi connectivity index (χ1n) is 6.62. The van der Waals surface area contributed by atoms with Gasteiger partial charge < -0.3 is 5.11 Å². The highest BCUT2D eigenvalue weighted by Crippen LogP contribution is 2.03. The maximum atomic E-state index is 10.1. The van der Waals surface area contributed by atoms with Crippen molar-refractivity contribution in [2.75, 3.05) is 0 Å². The molecule has 0 aliphatic heterocycles. The van der Waals surface area contributed by atoms with Crippen molar-refractivity contribution < 1.29 is 9.90 Å². The molecule has 1 aromatic rings. The Morgan fingerprint density at radius 3 is 2.14 bits per heavy atom. The zero-order chi connectivity index (χ0) is 16.5. The fraction of sp³-hybridized carbons (Fsp3) is 0.222. The summed E-state index contributed by atoms with van der Waals surface area (Å²) in [5, 5.41) is 15.8. The molecule has 0 bridgehead atoms. The molecule has 112 valence electrons. The number of nitrogens with zero attached hydrogens (tertiary/aromatic N) is 1. The van der Waals surface area contributed by atoms with Crippen LogP contribution in [-0.4, -0.2) is 11.1 Å². The van der Waals surface area contributed by atoms with Gasteiger partial charge in [-0.15, -0.1) is 0 Å². The summed E-state index contributed by atoms with van der Waals surface area (Å²) in [5.74, 6) is -0.872. The van der Waals surface area contributed by atoms with Gasteiger partial charge in [0.05, 0.1) is 6.07 Å². The Kier molecular flexibility index (Phi) is 15.2. The number of nitriles is 1. The third-order valence-corrected chi connectivity index (χ3v) is 2.26. The maximum Gasteiger partial charge on any atom is 0.330 e. The van der Waals surface area contributed by atoms with E-state index in [2.05, 4.69) is 19.7 Å². The van der Waals surface area contributed by atoms with Gasteiger partial charge in [-0.2, -0.15) is 5.26 Å². The van der Waals surface area contributed by atoms with E-state index in [1.54, 1.807) is 6.07 Å². The van der Waals surface area contributed by atoms with Gasteiger partial charge in [-0.05, 0) is 18.4 Å². The van der Waals surface area contributed by atoms with Crippen LogP contribution >= 0.6 is 0 Å². The second-order valence-electron chi connectivity index (χ2n) is 3.96. The number of rotatable bonds is 5. The molecule has 0 spiro atoms. The number of hydrogen-bond acceptors (Lipinski definition) is 2. The predicted molar refractivity (Wildman–Crippen MR) is 88.6 cm³/mol. The van der Waals surface area contributed by atoms with Crippen molar-refractivity contribution in [2.45, 2.75) is 26.2 Å². The summed E-state index contributed by atoms with van der Waals surface area (Å²) < 4.78 is 0. The van der Waals surface area contributed by atoms with Crippen LogP contribution in [0.3, 0.4) is 0 Å². The molecule has 0 radical (unpaired) electrons. The first-order chi connectivity index (χ1) is 10.0. The Labute approximate surface area is 127 Å². The molecule has 1 aromatic carbocycles. The summed E-state index contributed by atoms with van der Waals surface area (Å²) in [6.45, 7) is 12.2. The molecule has 0 atom stereocenters. The molecular formula is C18H23NO2. The molecular weight excluding hydrogens is 262 g/mol. The monoisotopic (exact) mass is 285 g/mol. The quantitative estimate of drug-likeness (QED) is 0.621. The molecule has 1 rings (SSSR count). The van der Waals surface area contributed by atoms with E-state index in [9.17, 15) is 4.79 Å². The van der Waals surface area contributed by atoms with E-state index in [1.165, 1.54) is 11.6 Å².